The summed E-state index contributed by atoms with van der Waals surface area (Å²) in [7, 11) is 0. The smallest absolute Gasteiger partial charge is 0.134 e. The number of alkyl halides is 3. The second-order valence-electron chi connectivity index (χ2n) is 14.4. The Morgan fingerprint density at radius 3 is 1.59 bits per heavy atom. The van der Waals surface area contributed by atoms with E-state index in [4.69, 9.17) is 4.74 Å². The van der Waals surface area contributed by atoms with Crippen molar-refractivity contribution in [1.82, 2.24) is 0 Å². The van der Waals surface area contributed by atoms with Gasteiger partial charge in [0.2, 0.25) is 0 Å². The highest BCUT2D eigenvalue weighted by atomic mass is 19.2. The summed E-state index contributed by atoms with van der Waals surface area (Å²) in [4.78, 5) is 0. The molecular formula is C35H61F3O. The topological polar surface area (TPSA) is 9.23 Å². The molecule has 0 amide bonds. The van der Waals surface area contributed by atoms with E-state index < -0.39 is 18.5 Å². The molecule has 0 radical (unpaired) electrons. The minimum Gasteiger partial charge on any atom is -0.375 e. The van der Waals surface area contributed by atoms with Gasteiger partial charge >= 0.3 is 0 Å². The Hall–Kier alpha value is -0.250. The van der Waals surface area contributed by atoms with E-state index in [1.165, 1.54) is 44.9 Å². The van der Waals surface area contributed by atoms with Crippen LogP contribution in [-0.2, 0) is 4.74 Å². The molecule has 39 heavy (non-hydrogen) atoms. The fourth-order valence-electron chi connectivity index (χ4n) is 9.13. The number of rotatable bonds is 13. The van der Waals surface area contributed by atoms with Crippen molar-refractivity contribution in [1.29, 1.82) is 0 Å². The standard InChI is InChI=1S/C35H61F3O/c1-3-5-7-8-25-11-16-28(17-12-25)30-20-21-31(35(38)34(30)37)29-18-13-26(14-19-29)9-10-27-15-22-33(32(36)24-27)39-23-6-4-2/h25-35H,3-24H2,1-2H3/t25?,26?,27?,28?,29?,30?,31?,32-,33?,34?,35?/m1/s1. The normalized spacial score (nSPS) is 41.9. The van der Waals surface area contributed by atoms with Crippen molar-refractivity contribution in [2.24, 2.45) is 41.4 Å². The highest BCUT2D eigenvalue weighted by Crippen LogP contribution is 2.49. The molecule has 1 nitrogen and oxygen atoms in total. The van der Waals surface area contributed by atoms with Crippen molar-refractivity contribution in [2.75, 3.05) is 6.61 Å². The van der Waals surface area contributed by atoms with Crippen LogP contribution in [0.15, 0.2) is 0 Å². The van der Waals surface area contributed by atoms with Crippen molar-refractivity contribution in [2.45, 2.75) is 173 Å². The summed E-state index contributed by atoms with van der Waals surface area (Å²) in [5.41, 5.74) is 0. The molecule has 4 aliphatic carbocycles. The Balaban J connectivity index is 1.12. The lowest BCUT2D eigenvalue weighted by Gasteiger charge is -2.45. The van der Waals surface area contributed by atoms with Crippen LogP contribution in [0.2, 0.25) is 0 Å². The largest absolute Gasteiger partial charge is 0.375 e. The van der Waals surface area contributed by atoms with Gasteiger partial charge in [-0.2, -0.15) is 0 Å². The fraction of sp³-hybridized carbons (Fsp3) is 1.00. The predicted molar refractivity (Wildman–Crippen MR) is 157 cm³/mol. The van der Waals surface area contributed by atoms with Crippen molar-refractivity contribution in [3.8, 4) is 0 Å². The maximum absolute atomic E-state index is 15.5. The van der Waals surface area contributed by atoms with E-state index >= 15 is 8.78 Å². The van der Waals surface area contributed by atoms with Crippen LogP contribution >= 0.6 is 0 Å². The lowest BCUT2D eigenvalue weighted by molar-refractivity contribution is -0.0405. The van der Waals surface area contributed by atoms with Gasteiger partial charge in [0.1, 0.15) is 18.5 Å². The van der Waals surface area contributed by atoms with E-state index in [1.54, 1.807) is 0 Å². The molecule has 0 heterocycles. The van der Waals surface area contributed by atoms with Gasteiger partial charge in [-0.05, 0) is 106 Å². The van der Waals surface area contributed by atoms with Crippen LogP contribution in [0.4, 0.5) is 13.2 Å². The maximum Gasteiger partial charge on any atom is 0.134 e. The molecule has 0 aromatic rings. The molecule has 4 aliphatic rings. The second kappa shape index (κ2) is 16.4. The van der Waals surface area contributed by atoms with E-state index in [-0.39, 0.29) is 17.9 Å². The molecule has 0 aromatic carbocycles. The van der Waals surface area contributed by atoms with Gasteiger partial charge < -0.3 is 4.74 Å². The van der Waals surface area contributed by atoms with Crippen LogP contribution in [0.5, 0.6) is 0 Å². The number of hydrogen-bond donors (Lipinski definition) is 0. The van der Waals surface area contributed by atoms with Crippen molar-refractivity contribution in [3.63, 3.8) is 0 Å². The second-order valence-corrected chi connectivity index (χ2v) is 14.4. The summed E-state index contributed by atoms with van der Waals surface area (Å²) in [6, 6.07) is 0. The van der Waals surface area contributed by atoms with Gasteiger partial charge in [-0.3, -0.25) is 0 Å². The first kappa shape index (κ1) is 31.7. The van der Waals surface area contributed by atoms with Gasteiger partial charge in [0.05, 0.1) is 6.10 Å². The molecule has 7 atom stereocenters. The summed E-state index contributed by atoms with van der Waals surface area (Å²) < 4.78 is 51.5. The third kappa shape index (κ3) is 9.12. The van der Waals surface area contributed by atoms with Crippen molar-refractivity contribution >= 4 is 0 Å². The van der Waals surface area contributed by atoms with Crippen molar-refractivity contribution in [3.05, 3.63) is 0 Å². The first-order valence-corrected chi connectivity index (χ1v) is 17.5. The summed E-state index contributed by atoms with van der Waals surface area (Å²) in [6.07, 6.45) is 19.9. The Kier molecular flexibility index (Phi) is 13.3. The van der Waals surface area contributed by atoms with Gasteiger partial charge in [-0.1, -0.05) is 84.5 Å². The molecule has 0 N–H and O–H groups in total. The van der Waals surface area contributed by atoms with Crippen molar-refractivity contribution < 1.29 is 17.9 Å². The molecule has 0 aromatic heterocycles. The molecular weight excluding hydrogens is 493 g/mol. The summed E-state index contributed by atoms with van der Waals surface area (Å²) in [5.74, 6) is 2.72. The highest BCUT2D eigenvalue weighted by Gasteiger charge is 2.46. The summed E-state index contributed by atoms with van der Waals surface area (Å²) in [5, 5.41) is 0. The molecule has 228 valence electrons. The SMILES string of the molecule is CCCCCC1CCC(C2CCC(C3CCC(CCC4CCC(OCCCC)[C@H](F)C4)CC3)C(F)C2F)CC1. The monoisotopic (exact) mass is 554 g/mol. The van der Waals surface area contributed by atoms with Crippen LogP contribution < -0.4 is 0 Å². The minimum absolute atomic E-state index is 0.0318. The molecule has 4 saturated carbocycles. The Bertz CT molecular complexity index is 656. The fourth-order valence-corrected chi connectivity index (χ4v) is 9.13. The quantitative estimate of drug-likeness (QED) is 0.206. The van der Waals surface area contributed by atoms with Gasteiger partial charge in [-0.15, -0.1) is 0 Å². The van der Waals surface area contributed by atoms with E-state index in [0.29, 0.717) is 36.7 Å². The van der Waals surface area contributed by atoms with E-state index in [0.717, 1.165) is 89.4 Å². The van der Waals surface area contributed by atoms with E-state index in [9.17, 15) is 4.39 Å². The zero-order valence-electron chi connectivity index (χ0n) is 25.4. The first-order chi connectivity index (χ1) is 19.0. The number of hydrogen-bond acceptors (Lipinski definition) is 1. The third-order valence-electron chi connectivity index (χ3n) is 11.8. The van der Waals surface area contributed by atoms with Gasteiger partial charge in [0.15, 0.2) is 0 Å². The average molecular weight is 555 g/mol. The van der Waals surface area contributed by atoms with Crippen LogP contribution in [-0.4, -0.2) is 31.2 Å². The van der Waals surface area contributed by atoms with E-state index in [2.05, 4.69) is 13.8 Å². The zero-order chi connectivity index (χ0) is 27.6. The van der Waals surface area contributed by atoms with E-state index in [1.807, 2.05) is 0 Å². The minimum atomic E-state index is -1.25. The number of halogens is 3. The highest BCUT2D eigenvalue weighted by molar-refractivity contribution is 4.95. The molecule has 0 aliphatic heterocycles. The molecule has 0 spiro atoms. The lowest BCUT2D eigenvalue weighted by atomic mass is 9.63. The van der Waals surface area contributed by atoms with Crippen LogP contribution in [0.25, 0.3) is 0 Å². The van der Waals surface area contributed by atoms with Gasteiger partial charge in [-0.25, -0.2) is 13.2 Å². The zero-order valence-corrected chi connectivity index (χ0v) is 25.4. The lowest BCUT2D eigenvalue weighted by Crippen LogP contribution is -2.45. The maximum atomic E-state index is 15.5. The molecule has 0 bridgehead atoms. The number of unbranched alkanes of at least 4 members (excludes halogenated alkanes) is 3. The number of ether oxygens (including phenoxy) is 1. The van der Waals surface area contributed by atoms with Crippen LogP contribution in [0, 0.1) is 41.4 Å². The molecule has 0 saturated heterocycles. The Morgan fingerprint density at radius 2 is 1.05 bits per heavy atom. The third-order valence-corrected chi connectivity index (χ3v) is 11.8. The molecule has 4 rings (SSSR count). The Labute approximate surface area is 239 Å². The van der Waals surface area contributed by atoms with Gasteiger partial charge in [0, 0.05) is 6.61 Å². The summed E-state index contributed by atoms with van der Waals surface area (Å²) in [6.45, 7) is 5.09. The molecule has 6 unspecified atom stereocenters. The Morgan fingerprint density at radius 1 is 0.538 bits per heavy atom. The molecule has 4 fully saturated rings. The van der Waals surface area contributed by atoms with Gasteiger partial charge in [0.25, 0.3) is 0 Å². The first-order valence-electron chi connectivity index (χ1n) is 17.5. The van der Waals surface area contributed by atoms with Crippen LogP contribution in [0.3, 0.4) is 0 Å². The molecule has 4 heteroatoms. The predicted octanol–water partition coefficient (Wildman–Crippen LogP) is 11.0. The van der Waals surface area contributed by atoms with Crippen LogP contribution in [0.1, 0.15) is 149 Å². The summed E-state index contributed by atoms with van der Waals surface area (Å²) >= 11 is 0. The average Bonchev–Trinajstić information content (AvgIpc) is 2.95.